The van der Waals surface area contributed by atoms with E-state index in [1.807, 2.05) is 6.92 Å². The summed E-state index contributed by atoms with van der Waals surface area (Å²) in [6, 6.07) is 7.42. The van der Waals surface area contributed by atoms with Gasteiger partial charge in [0, 0.05) is 24.6 Å². The third-order valence-corrected chi connectivity index (χ3v) is 4.34. The van der Waals surface area contributed by atoms with Crippen molar-refractivity contribution in [2.24, 2.45) is 0 Å². The Balaban J connectivity index is 1.90. The second-order valence-electron chi connectivity index (χ2n) is 6.17. The number of Topliss-reactive ketones (excluding diaryl/α,β-unsaturated/α-hetero) is 1. The van der Waals surface area contributed by atoms with Crippen molar-refractivity contribution >= 4 is 11.8 Å². The van der Waals surface area contributed by atoms with E-state index >= 15 is 0 Å². The summed E-state index contributed by atoms with van der Waals surface area (Å²) in [5.41, 5.74) is 0.702. The first kappa shape index (κ1) is 20.4. The lowest BCUT2D eigenvalue weighted by molar-refractivity contribution is -0.149. The molecule has 0 unspecified atom stereocenters. The van der Waals surface area contributed by atoms with Gasteiger partial charge >= 0.3 is 5.97 Å². The van der Waals surface area contributed by atoms with Crippen LogP contribution in [0.4, 0.5) is 4.39 Å². The summed E-state index contributed by atoms with van der Waals surface area (Å²) in [4.78, 5) is 28.1. The second kappa shape index (κ2) is 9.12. The van der Waals surface area contributed by atoms with Crippen LogP contribution in [0.5, 0.6) is 11.5 Å². The van der Waals surface area contributed by atoms with Gasteiger partial charge in [-0.2, -0.15) is 0 Å². The van der Waals surface area contributed by atoms with E-state index in [2.05, 4.69) is 4.98 Å². The average molecular weight is 375 g/mol. The van der Waals surface area contributed by atoms with Gasteiger partial charge in [-0.25, -0.2) is 9.37 Å². The highest BCUT2D eigenvalue weighted by Crippen LogP contribution is 2.28. The van der Waals surface area contributed by atoms with Gasteiger partial charge < -0.3 is 14.6 Å². The third-order valence-electron chi connectivity index (χ3n) is 4.34. The summed E-state index contributed by atoms with van der Waals surface area (Å²) in [6.07, 6.45) is 0.611. The molecule has 0 bridgehead atoms. The molecule has 0 amide bonds. The van der Waals surface area contributed by atoms with Gasteiger partial charge in [-0.15, -0.1) is 0 Å². The topological polar surface area (TPSA) is 85.7 Å². The van der Waals surface area contributed by atoms with Crippen LogP contribution in [0.15, 0.2) is 36.5 Å². The first-order chi connectivity index (χ1) is 12.8. The molecular formula is C20H22FNO5. The van der Waals surface area contributed by atoms with Crippen LogP contribution in [0.2, 0.25) is 0 Å². The highest BCUT2D eigenvalue weighted by atomic mass is 19.1. The van der Waals surface area contributed by atoms with Crippen LogP contribution < -0.4 is 4.74 Å². The van der Waals surface area contributed by atoms with E-state index < -0.39 is 17.9 Å². The van der Waals surface area contributed by atoms with E-state index in [0.717, 1.165) is 5.56 Å². The number of pyridine rings is 1. The maximum absolute atomic E-state index is 13.0. The predicted molar refractivity (Wildman–Crippen MR) is 96.4 cm³/mol. The molecule has 0 saturated heterocycles. The Bertz CT molecular complexity index is 807. The lowest BCUT2D eigenvalue weighted by Gasteiger charge is -2.20. The van der Waals surface area contributed by atoms with Gasteiger partial charge in [-0.05, 0) is 24.6 Å². The third kappa shape index (κ3) is 5.26. The number of rotatable bonds is 8. The Morgan fingerprint density at radius 2 is 1.81 bits per heavy atom. The molecule has 0 radical (unpaired) electrons. The largest absolute Gasteiger partial charge is 0.503 e. The van der Waals surface area contributed by atoms with Crippen molar-refractivity contribution in [3.05, 3.63) is 53.6 Å². The smallest absolute Gasteiger partial charge is 0.306 e. The number of methoxy groups -OCH3 is 1. The molecule has 1 heterocycles. The molecule has 2 aromatic rings. The number of hydrogen-bond acceptors (Lipinski definition) is 6. The Morgan fingerprint density at radius 3 is 2.44 bits per heavy atom. The lowest BCUT2D eigenvalue weighted by Crippen LogP contribution is -2.21. The van der Waals surface area contributed by atoms with Crippen LogP contribution in [0.1, 0.15) is 48.7 Å². The summed E-state index contributed by atoms with van der Waals surface area (Å²) in [6.45, 7) is 3.61. The number of ketones is 1. The average Bonchev–Trinajstić information content (AvgIpc) is 2.66. The second-order valence-corrected chi connectivity index (χ2v) is 6.17. The Morgan fingerprint density at radius 1 is 1.15 bits per heavy atom. The highest BCUT2D eigenvalue weighted by Gasteiger charge is 2.21. The zero-order valence-corrected chi connectivity index (χ0v) is 15.4. The highest BCUT2D eigenvalue weighted by molar-refractivity contribution is 5.98. The van der Waals surface area contributed by atoms with Gasteiger partial charge in [-0.1, -0.05) is 19.1 Å². The van der Waals surface area contributed by atoms with Crippen LogP contribution in [0.3, 0.4) is 0 Å². The summed E-state index contributed by atoms with van der Waals surface area (Å²) in [5, 5.41) is 9.94. The number of benzene rings is 1. The molecule has 0 saturated carbocycles. The van der Waals surface area contributed by atoms with Crippen molar-refractivity contribution in [3.63, 3.8) is 0 Å². The number of nitrogens with zero attached hydrogens (tertiary/aromatic N) is 1. The van der Waals surface area contributed by atoms with Crippen molar-refractivity contribution in [1.82, 2.24) is 4.98 Å². The van der Waals surface area contributed by atoms with Crippen LogP contribution in [-0.4, -0.2) is 35.1 Å². The Labute approximate surface area is 157 Å². The quantitative estimate of drug-likeness (QED) is 0.560. The van der Waals surface area contributed by atoms with Gasteiger partial charge in [0.2, 0.25) is 0 Å². The number of carbonyl (C=O) groups is 2. The van der Waals surface area contributed by atoms with Gasteiger partial charge in [0.25, 0.3) is 0 Å². The molecule has 0 fully saturated rings. The molecule has 0 aliphatic carbocycles. The number of halogens is 1. The maximum atomic E-state index is 13.0. The number of carbonyl (C=O) groups excluding carboxylic acids is 2. The molecule has 2 rings (SSSR count). The molecule has 0 aliphatic rings. The zero-order chi connectivity index (χ0) is 20.0. The summed E-state index contributed by atoms with van der Waals surface area (Å²) >= 11 is 0. The van der Waals surface area contributed by atoms with Crippen molar-refractivity contribution in [3.8, 4) is 11.5 Å². The number of esters is 1. The minimum atomic E-state index is -0.535. The standard InChI is InChI=1S/C20H22FNO5/c1-12(14-4-6-15(21)7-5-14)13(2)27-18(24)9-8-16(23)19-20(25)17(26-3)10-11-22-19/h4-7,10-13,25H,8-9H2,1-3H3/t12-,13+/m1/s1. The number of hydrogen-bond donors (Lipinski definition) is 1. The molecule has 1 N–H and O–H groups in total. The van der Waals surface area contributed by atoms with Crippen molar-refractivity contribution in [2.45, 2.75) is 38.7 Å². The van der Waals surface area contributed by atoms with E-state index in [4.69, 9.17) is 9.47 Å². The molecule has 144 valence electrons. The summed E-state index contributed by atoms with van der Waals surface area (Å²) < 4.78 is 23.3. The Kier molecular flexibility index (Phi) is 6.87. The molecule has 0 aliphatic heterocycles. The SMILES string of the molecule is COc1ccnc(C(=O)CCC(=O)O[C@@H](C)[C@@H](C)c2ccc(F)cc2)c1O. The molecule has 2 atom stereocenters. The van der Waals surface area contributed by atoms with E-state index in [1.54, 1.807) is 19.1 Å². The molecule has 6 nitrogen and oxygen atoms in total. The summed E-state index contributed by atoms with van der Waals surface area (Å²) in [7, 11) is 1.37. The number of ether oxygens (including phenoxy) is 2. The fraction of sp³-hybridized carbons (Fsp3) is 0.350. The van der Waals surface area contributed by atoms with Crippen LogP contribution >= 0.6 is 0 Å². The minimum absolute atomic E-state index is 0.130. The lowest BCUT2D eigenvalue weighted by atomic mass is 9.96. The van der Waals surface area contributed by atoms with Gasteiger partial charge in [0.1, 0.15) is 11.9 Å². The van der Waals surface area contributed by atoms with Crippen LogP contribution in [0.25, 0.3) is 0 Å². The fourth-order valence-electron chi connectivity index (χ4n) is 2.54. The van der Waals surface area contributed by atoms with Crippen molar-refractivity contribution in [2.75, 3.05) is 7.11 Å². The van der Waals surface area contributed by atoms with Crippen LogP contribution in [-0.2, 0) is 9.53 Å². The normalized spacial score (nSPS) is 12.9. The predicted octanol–water partition coefficient (Wildman–Crippen LogP) is 3.63. The minimum Gasteiger partial charge on any atom is -0.503 e. The van der Waals surface area contributed by atoms with E-state index in [9.17, 15) is 19.1 Å². The first-order valence-electron chi connectivity index (χ1n) is 8.53. The molecule has 1 aromatic heterocycles. The molecule has 1 aromatic carbocycles. The molecule has 0 spiro atoms. The summed E-state index contributed by atoms with van der Waals surface area (Å²) in [5.74, 6) is -1.69. The van der Waals surface area contributed by atoms with Gasteiger partial charge in [0.05, 0.1) is 13.5 Å². The van der Waals surface area contributed by atoms with Crippen LogP contribution in [0, 0.1) is 5.82 Å². The maximum Gasteiger partial charge on any atom is 0.306 e. The van der Waals surface area contributed by atoms with E-state index in [-0.39, 0.29) is 41.8 Å². The monoisotopic (exact) mass is 375 g/mol. The molecular weight excluding hydrogens is 353 g/mol. The zero-order valence-electron chi connectivity index (χ0n) is 15.4. The number of aromatic nitrogens is 1. The molecule has 7 heteroatoms. The molecule has 27 heavy (non-hydrogen) atoms. The van der Waals surface area contributed by atoms with E-state index in [1.165, 1.54) is 31.5 Å². The fourth-order valence-corrected chi connectivity index (χ4v) is 2.54. The first-order valence-corrected chi connectivity index (χ1v) is 8.53. The van der Waals surface area contributed by atoms with Crippen molar-refractivity contribution < 1.29 is 28.6 Å². The van der Waals surface area contributed by atoms with Gasteiger partial charge in [0.15, 0.2) is 23.0 Å². The van der Waals surface area contributed by atoms with Gasteiger partial charge in [-0.3, -0.25) is 9.59 Å². The van der Waals surface area contributed by atoms with E-state index in [0.29, 0.717) is 0 Å². The number of aromatic hydroxyl groups is 1. The van der Waals surface area contributed by atoms with Crippen molar-refractivity contribution in [1.29, 1.82) is 0 Å². The Hall–Kier alpha value is -2.96.